The number of nitrogens with zero attached hydrogens (tertiary/aromatic N) is 1. The Balaban J connectivity index is 2.73. The third-order valence-corrected chi connectivity index (χ3v) is 9.81. The minimum absolute atomic E-state index is 0.0537. The van der Waals surface area contributed by atoms with Crippen LogP contribution in [0, 0.1) is 5.92 Å². The molecule has 0 spiro atoms. The Labute approximate surface area is 154 Å². The van der Waals surface area contributed by atoms with E-state index in [0.717, 1.165) is 6.42 Å². The van der Waals surface area contributed by atoms with Crippen molar-refractivity contribution in [1.82, 2.24) is 4.90 Å². The first-order chi connectivity index (χ1) is 11.4. The summed E-state index contributed by atoms with van der Waals surface area (Å²) in [7, 11) is -3.39. The molecule has 4 nitrogen and oxygen atoms in total. The summed E-state index contributed by atoms with van der Waals surface area (Å²) in [6.07, 6.45) is 4.65. The number of rotatable bonds is 4. The van der Waals surface area contributed by atoms with E-state index in [1.165, 1.54) is 10.4 Å². The number of hydrogen-bond acceptors (Lipinski definition) is 3. The smallest absolute Gasteiger partial charge is 0.410 e. The van der Waals surface area contributed by atoms with E-state index < -0.39 is 16.1 Å². The Kier molecular flexibility index (Phi) is 5.54. The van der Waals surface area contributed by atoms with Crippen molar-refractivity contribution in [3.63, 3.8) is 0 Å². The SMILES string of the molecule is CCOC(=O)N1[C@@H]2CC=C[C@H](C(C)=O)[C@H]1C([Si](C)(C)C)=C2[Si](C)(C)C. The second-order valence-electron chi connectivity index (χ2n) is 9.19. The molecule has 2 aliphatic heterocycles. The van der Waals surface area contributed by atoms with Crippen LogP contribution in [0.3, 0.4) is 0 Å². The summed E-state index contributed by atoms with van der Waals surface area (Å²) in [5, 5.41) is 2.91. The number of Topliss-reactive ketones (excluding diaryl/α,β-unsaturated/α-hetero) is 1. The number of ether oxygens (including phenoxy) is 1. The quantitative estimate of drug-likeness (QED) is 0.537. The number of hydrogen-bond donors (Lipinski definition) is 0. The first-order valence-electron chi connectivity index (χ1n) is 9.28. The molecule has 140 valence electrons. The summed E-state index contributed by atoms with van der Waals surface area (Å²) in [4.78, 5) is 27.3. The fourth-order valence-corrected chi connectivity index (χ4v) is 11.0. The van der Waals surface area contributed by atoms with Crippen LogP contribution in [0.4, 0.5) is 4.79 Å². The molecule has 0 saturated heterocycles. The van der Waals surface area contributed by atoms with E-state index in [4.69, 9.17) is 4.74 Å². The summed E-state index contributed by atoms with van der Waals surface area (Å²) in [5.41, 5.74) is 0. The van der Waals surface area contributed by atoms with Crippen molar-refractivity contribution in [2.75, 3.05) is 6.61 Å². The molecule has 0 aliphatic carbocycles. The first-order valence-corrected chi connectivity index (χ1v) is 16.3. The average molecular weight is 380 g/mol. The zero-order chi connectivity index (χ0) is 19.2. The highest BCUT2D eigenvalue weighted by Gasteiger charge is 2.53. The maximum Gasteiger partial charge on any atom is 0.410 e. The van der Waals surface area contributed by atoms with Crippen LogP contribution in [0.25, 0.3) is 0 Å². The van der Waals surface area contributed by atoms with E-state index in [0.29, 0.717) is 6.61 Å². The molecule has 0 N–H and O–H groups in total. The van der Waals surface area contributed by atoms with Gasteiger partial charge in [-0.05, 0) is 20.3 Å². The second kappa shape index (κ2) is 6.87. The van der Waals surface area contributed by atoms with Gasteiger partial charge in [0.05, 0.1) is 40.8 Å². The molecule has 2 rings (SSSR count). The fourth-order valence-electron chi connectivity index (χ4n) is 4.40. The van der Waals surface area contributed by atoms with E-state index in [1.807, 2.05) is 17.9 Å². The minimum atomic E-state index is -1.72. The number of carbonyl (C=O) groups is 2. The minimum Gasteiger partial charge on any atom is -0.450 e. The molecule has 25 heavy (non-hydrogen) atoms. The van der Waals surface area contributed by atoms with Crippen molar-refractivity contribution in [3.05, 3.63) is 22.5 Å². The van der Waals surface area contributed by atoms with Crippen molar-refractivity contribution in [3.8, 4) is 0 Å². The van der Waals surface area contributed by atoms with Gasteiger partial charge in [0.15, 0.2) is 0 Å². The van der Waals surface area contributed by atoms with Crippen molar-refractivity contribution >= 4 is 28.0 Å². The van der Waals surface area contributed by atoms with Crippen molar-refractivity contribution in [2.45, 2.75) is 71.6 Å². The monoisotopic (exact) mass is 379 g/mol. The summed E-state index contributed by atoms with van der Waals surface area (Å²) in [6, 6.07) is -0.105. The Hall–Kier alpha value is -1.15. The summed E-state index contributed by atoms with van der Waals surface area (Å²) in [5.74, 6) is -0.131. The predicted octanol–water partition coefficient (Wildman–Crippen LogP) is 4.41. The molecule has 2 bridgehead atoms. The van der Waals surface area contributed by atoms with E-state index in [9.17, 15) is 9.59 Å². The third kappa shape index (κ3) is 3.70. The fraction of sp³-hybridized carbons (Fsp3) is 0.684. The Bertz CT molecular complexity index is 626. The Morgan fingerprint density at radius 1 is 1.12 bits per heavy atom. The highest BCUT2D eigenvalue weighted by atomic mass is 28.3. The normalized spacial score (nSPS) is 26.7. The molecule has 0 aromatic carbocycles. The molecule has 2 heterocycles. The van der Waals surface area contributed by atoms with Crippen LogP contribution >= 0.6 is 0 Å². The largest absolute Gasteiger partial charge is 0.450 e. The van der Waals surface area contributed by atoms with Crippen molar-refractivity contribution in [1.29, 1.82) is 0 Å². The Morgan fingerprint density at radius 2 is 1.68 bits per heavy atom. The molecule has 0 unspecified atom stereocenters. The van der Waals surface area contributed by atoms with Gasteiger partial charge in [-0.25, -0.2) is 4.79 Å². The third-order valence-electron chi connectivity index (χ3n) is 5.16. The average Bonchev–Trinajstić information content (AvgIpc) is 2.64. The lowest BCUT2D eigenvalue weighted by Crippen LogP contribution is -2.49. The van der Waals surface area contributed by atoms with Crippen LogP contribution in [0.2, 0.25) is 39.3 Å². The molecule has 0 aromatic rings. The molecular weight excluding hydrogens is 346 g/mol. The highest BCUT2D eigenvalue weighted by molar-refractivity contribution is 6.89. The van der Waals surface area contributed by atoms with Crippen LogP contribution < -0.4 is 0 Å². The molecule has 3 atom stereocenters. The highest BCUT2D eigenvalue weighted by Crippen LogP contribution is 2.46. The summed E-state index contributed by atoms with van der Waals surface area (Å²) in [6.45, 7) is 17.9. The summed E-state index contributed by atoms with van der Waals surface area (Å²) < 4.78 is 5.42. The van der Waals surface area contributed by atoms with E-state index >= 15 is 0 Å². The van der Waals surface area contributed by atoms with Gasteiger partial charge in [0.2, 0.25) is 0 Å². The van der Waals surface area contributed by atoms with E-state index in [2.05, 4.69) is 45.4 Å². The molecule has 6 heteroatoms. The topological polar surface area (TPSA) is 46.6 Å². The van der Waals surface area contributed by atoms with Crippen LogP contribution in [-0.2, 0) is 9.53 Å². The molecule has 1 amide bonds. The van der Waals surface area contributed by atoms with Gasteiger partial charge in [-0.15, -0.1) is 0 Å². The lowest BCUT2D eigenvalue weighted by Gasteiger charge is -2.35. The van der Waals surface area contributed by atoms with Gasteiger partial charge in [0.1, 0.15) is 5.78 Å². The maximum atomic E-state index is 12.9. The van der Waals surface area contributed by atoms with Gasteiger partial charge < -0.3 is 4.74 Å². The molecule has 2 aliphatic rings. The van der Waals surface area contributed by atoms with Crippen LogP contribution in [0.5, 0.6) is 0 Å². The van der Waals surface area contributed by atoms with E-state index in [1.54, 1.807) is 6.92 Å². The Morgan fingerprint density at radius 3 is 2.12 bits per heavy atom. The molecule has 0 aromatic heterocycles. The zero-order valence-electron chi connectivity index (χ0n) is 17.0. The molecule has 0 saturated carbocycles. The van der Waals surface area contributed by atoms with Gasteiger partial charge in [-0.3, -0.25) is 9.69 Å². The lowest BCUT2D eigenvalue weighted by molar-refractivity contribution is -0.120. The van der Waals surface area contributed by atoms with Crippen molar-refractivity contribution < 1.29 is 14.3 Å². The van der Waals surface area contributed by atoms with Crippen LogP contribution in [0.15, 0.2) is 22.5 Å². The van der Waals surface area contributed by atoms with E-state index in [-0.39, 0.29) is 29.9 Å². The number of ketones is 1. The van der Waals surface area contributed by atoms with Gasteiger partial charge in [0.25, 0.3) is 0 Å². The molecule has 0 fully saturated rings. The summed E-state index contributed by atoms with van der Waals surface area (Å²) >= 11 is 0. The van der Waals surface area contributed by atoms with Crippen LogP contribution in [0.1, 0.15) is 20.3 Å². The van der Waals surface area contributed by atoms with Crippen molar-refractivity contribution in [2.24, 2.45) is 5.92 Å². The number of fused-ring (bicyclic) bond motifs is 2. The first kappa shape index (κ1) is 20.2. The maximum absolute atomic E-state index is 12.9. The van der Waals surface area contributed by atoms with Gasteiger partial charge in [-0.1, -0.05) is 61.8 Å². The predicted molar refractivity (Wildman–Crippen MR) is 108 cm³/mol. The molecular formula is C19H33NO3Si2. The number of carbonyl (C=O) groups excluding carboxylic acids is 2. The van der Waals surface area contributed by atoms with Crippen LogP contribution in [-0.4, -0.2) is 51.6 Å². The number of amides is 1. The van der Waals surface area contributed by atoms with Gasteiger partial charge in [0, 0.05) is 0 Å². The second-order valence-corrected chi connectivity index (χ2v) is 19.3. The molecule has 0 radical (unpaired) electrons. The standard InChI is InChI=1S/C19H33NO3Si2/c1-9-23-19(22)20-15-12-10-11-14(13(2)21)16(20)18(25(6,7)8)17(15)24(3,4)5/h10-11,14-16H,9,12H2,1-8H3/t14-,15-,16+/m1/s1. The lowest BCUT2D eigenvalue weighted by atomic mass is 9.95. The van der Waals surface area contributed by atoms with Gasteiger partial charge >= 0.3 is 6.09 Å². The zero-order valence-corrected chi connectivity index (χ0v) is 19.0. The van der Waals surface area contributed by atoms with Gasteiger partial charge in [-0.2, -0.15) is 0 Å².